The second-order valence-corrected chi connectivity index (χ2v) is 11.1. The average Bonchev–Trinajstić information content (AvgIpc) is 3.52. The fourth-order valence-corrected chi connectivity index (χ4v) is 4.92. The first kappa shape index (κ1) is 28.6. The van der Waals surface area contributed by atoms with Crippen molar-refractivity contribution in [1.29, 1.82) is 0 Å². The van der Waals surface area contributed by atoms with Gasteiger partial charge in [0, 0.05) is 32.8 Å². The number of alkyl halides is 3. The Hall–Kier alpha value is -3.95. The first-order valence-corrected chi connectivity index (χ1v) is 13.3. The molecule has 0 radical (unpaired) electrons. The number of nitro groups is 1. The van der Waals surface area contributed by atoms with Crippen molar-refractivity contribution < 1.29 is 32.4 Å². The van der Waals surface area contributed by atoms with Crippen LogP contribution in [0, 0.1) is 10.1 Å². The predicted molar refractivity (Wildman–Crippen MR) is 140 cm³/mol. The van der Waals surface area contributed by atoms with Crippen LogP contribution in [0.2, 0.25) is 0 Å². The molecule has 0 bridgehead atoms. The van der Waals surface area contributed by atoms with Crippen molar-refractivity contribution in [1.82, 2.24) is 29.4 Å². The number of fused-ring (bicyclic) bond motifs is 1. The van der Waals surface area contributed by atoms with E-state index >= 15 is 0 Å². The van der Waals surface area contributed by atoms with Gasteiger partial charge in [-0.15, -0.1) is 0 Å². The number of halogens is 3. The molecular weight excluding hydrogens is 549 g/mol. The zero-order valence-corrected chi connectivity index (χ0v) is 22.9. The van der Waals surface area contributed by atoms with E-state index in [1.54, 1.807) is 25.7 Å². The molecule has 3 aromatic heterocycles. The predicted octanol–water partition coefficient (Wildman–Crippen LogP) is 4.52. The van der Waals surface area contributed by atoms with E-state index in [0.29, 0.717) is 37.3 Å². The summed E-state index contributed by atoms with van der Waals surface area (Å²) in [6.07, 6.45) is -0.569. The van der Waals surface area contributed by atoms with Crippen LogP contribution >= 0.6 is 0 Å². The number of ether oxygens (including phenoxy) is 2. The van der Waals surface area contributed by atoms with Crippen molar-refractivity contribution in [3.8, 4) is 11.4 Å². The number of anilines is 1. The Morgan fingerprint density at radius 3 is 2.54 bits per heavy atom. The molecule has 2 aliphatic rings. The summed E-state index contributed by atoms with van der Waals surface area (Å²) in [5, 5.41) is 20.7. The molecule has 2 fully saturated rings. The monoisotopic (exact) mass is 580 g/mol. The lowest BCUT2D eigenvalue weighted by Crippen LogP contribution is -2.50. The minimum Gasteiger partial charge on any atom is -0.444 e. The Kier molecular flexibility index (Phi) is 7.52. The van der Waals surface area contributed by atoms with Crippen LogP contribution in [0.25, 0.3) is 22.3 Å². The van der Waals surface area contributed by atoms with Gasteiger partial charge in [-0.2, -0.15) is 23.4 Å². The van der Waals surface area contributed by atoms with E-state index in [-0.39, 0.29) is 35.7 Å². The number of carbonyl (C=O) groups excluding carboxylic acids is 1. The molecule has 5 rings (SSSR count). The number of amides is 1. The lowest BCUT2D eigenvalue weighted by Gasteiger charge is -2.36. The largest absolute Gasteiger partial charge is 0.444 e. The maximum absolute atomic E-state index is 13.4. The number of carbonyl (C=O) groups is 1. The summed E-state index contributed by atoms with van der Waals surface area (Å²) in [6.45, 7) is 5.64. The van der Waals surface area contributed by atoms with Crippen molar-refractivity contribution in [2.24, 2.45) is 0 Å². The van der Waals surface area contributed by atoms with Crippen molar-refractivity contribution in [3.63, 3.8) is 0 Å². The SMILES string of the molecule is CC(C)(C)OC(=O)N1CCN(c2nc(-c3nn(C4CCCCO4)cc3[N+](=O)[O-])cc3c2cnn3CC(F)(F)F)CC1. The molecule has 1 amide bonds. The molecule has 16 heteroatoms. The van der Waals surface area contributed by atoms with Crippen molar-refractivity contribution in [2.45, 2.75) is 64.6 Å². The molecular formula is C25H31F3N8O5. The highest BCUT2D eigenvalue weighted by molar-refractivity contribution is 5.93. The number of nitrogens with zero attached hydrogens (tertiary/aromatic N) is 8. The van der Waals surface area contributed by atoms with Gasteiger partial charge in [0.05, 0.1) is 22.0 Å². The molecule has 2 saturated heterocycles. The molecule has 0 N–H and O–H groups in total. The Morgan fingerprint density at radius 1 is 1.20 bits per heavy atom. The van der Waals surface area contributed by atoms with Gasteiger partial charge in [-0.1, -0.05) is 0 Å². The summed E-state index contributed by atoms with van der Waals surface area (Å²) in [7, 11) is 0. The summed E-state index contributed by atoms with van der Waals surface area (Å²) >= 11 is 0. The second-order valence-electron chi connectivity index (χ2n) is 11.1. The van der Waals surface area contributed by atoms with Crippen molar-refractivity contribution in [3.05, 3.63) is 28.6 Å². The first-order valence-electron chi connectivity index (χ1n) is 13.3. The number of hydrogen-bond acceptors (Lipinski definition) is 9. The maximum atomic E-state index is 13.4. The van der Waals surface area contributed by atoms with Gasteiger partial charge in [0.25, 0.3) is 0 Å². The zero-order chi connectivity index (χ0) is 29.5. The number of rotatable bonds is 5. The Labute approximate surface area is 232 Å². The first-order chi connectivity index (χ1) is 19.3. The molecule has 222 valence electrons. The zero-order valence-electron chi connectivity index (χ0n) is 22.9. The highest BCUT2D eigenvalue weighted by Gasteiger charge is 2.33. The van der Waals surface area contributed by atoms with E-state index in [2.05, 4.69) is 15.2 Å². The Balaban J connectivity index is 1.54. The van der Waals surface area contributed by atoms with Gasteiger partial charge in [-0.05, 0) is 46.1 Å². The van der Waals surface area contributed by atoms with Crippen LogP contribution < -0.4 is 4.90 Å². The van der Waals surface area contributed by atoms with E-state index < -0.39 is 35.6 Å². The topological polar surface area (TPSA) is 134 Å². The molecule has 0 aliphatic carbocycles. The van der Waals surface area contributed by atoms with E-state index in [1.165, 1.54) is 23.1 Å². The van der Waals surface area contributed by atoms with Crippen LogP contribution in [0.3, 0.4) is 0 Å². The standard InChI is InChI=1S/C25H31F3N8O5/c1-24(2,3)41-23(37)33-9-7-32(8-10-33)22-16-13-29-35(15-25(26,27)28)18(16)12-17(30-22)21-19(36(38)39)14-34(31-21)20-6-4-5-11-40-20/h12-14,20H,4-11,15H2,1-3H3. The number of hydrogen-bond donors (Lipinski definition) is 0. The molecule has 2 aliphatic heterocycles. The van der Waals surface area contributed by atoms with Crippen LogP contribution in [0.5, 0.6) is 0 Å². The summed E-state index contributed by atoms with van der Waals surface area (Å²) in [6, 6.07) is 1.34. The number of pyridine rings is 1. The fraction of sp³-hybridized carbons (Fsp3) is 0.600. The van der Waals surface area contributed by atoms with Crippen LogP contribution in [0.15, 0.2) is 18.5 Å². The van der Waals surface area contributed by atoms with Gasteiger partial charge in [0.2, 0.25) is 0 Å². The summed E-state index contributed by atoms with van der Waals surface area (Å²) < 4.78 is 53.5. The van der Waals surface area contributed by atoms with Gasteiger partial charge < -0.3 is 19.3 Å². The third-order valence-electron chi connectivity index (χ3n) is 6.78. The smallest absolute Gasteiger partial charge is 0.410 e. The third-order valence-corrected chi connectivity index (χ3v) is 6.78. The Bertz CT molecular complexity index is 1430. The third kappa shape index (κ3) is 6.36. The van der Waals surface area contributed by atoms with E-state index in [4.69, 9.17) is 9.47 Å². The van der Waals surface area contributed by atoms with Crippen LogP contribution in [0.4, 0.5) is 29.5 Å². The highest BCUT2D eigenvalue weighted by atomic mass is 19.4. The summed E-state index contributed by atoms with van der Waals surface area (Å²) in [5.74, 6) is 0.299. The molecule has 0 spiro atoms. The minimum atomic E-state index is -4.55. The molecule has 0 aromatic carbocycles. The maximum Gasteiger partial charge on any atom is 0.410 e. The number of aromatic nitrogens is 5. The molecule has 1 unspecified atom stereocenters. The Morgan fingerprint density at radius 2 is 1.93 bits per heavy atom. The molecule has 1 atom stereocenters. The van der Waals surface area contributed by atoms with Gasteiger partial charge in [-0.3, -0.25) is 14.8 Å². The highest BCUT2D eigenvalue weighted by Crippen LogP contribution is 2.36. The van der Waals surface area contributed by atoms with Gasteiger partial charge in [0.1, 0.15) is 36.1 Å². The fourth-order valence-electron chi connectivity index (χ4n) is 4.92. The van der Waals surface area contributed by atoms with Gasteiger partial charge in [-0.25, -0.2) is 14.5 Å². The van der Waals surface area contributed by atoms with E-state index in [1.807, 2.05) is 4.90 Å². The summed E-state index contributed by atoms with van der Waals surface area (Å²) in [5.41, 5.74) is -0.945. The van der Waals surface area contributed by atoms with E-state index in [0.717, 1.165) is 17.5 Å². The van der Waals surface area contributed by atoms with Crippen molar-refractivity contribution in [2.75, 3.05) is 37.7 Å². The molecule has 0 saturated carbocycles. The molecule has 3 aromatic rings. The van der Waals surface area contributed by atoms with Gasteiger partial charge >= 0.3 is 18.0 Å². The van der Waals surface area contributed by atoms with Crippen molar-refractivity contribution >= 4 is 28.5 Å². The van der Waals surface area contributed by atoms with E-state index in [9.17, 15) is 28.1 Å². The average molecular weight is 581 g/mol. The number of piperazine rings is 1. The lowest BCUT2D eigenvalue weighted by atomic mass is 10.2. The van der Waals surface area contributed by atoms with Gasteiger partial charge in [0.15, 0.2) is 5.69 Å². The molecule has 41 heavy (non-hydrogen) atoms. The van der Waals surface area contributed by atoms with Crippen LogP contribution in [-0.4, -0.2) is 85.0 Å². The molecule has 5 heterocycles. The lowest BCUT2D eigenvalue weighted by molar-refractivity contribution is -0.384. The van der Waals surface area contributed by atoms with Crippen LogP contribution in [-0.2, 0) is 16.0 Å². The van der Waals surface area contributed by atoms with Crippen LogP contribution in [0.1, 0.15) is 46.3 Å². The quantitative estimate of drug-likeness (QED) is 0.315. The molecule has 13 nitrogen and oxygen atoms in total. The summed E-state index contributed by atoms with van der Waals surface area (Å²) in [4.78, 5) is 32.0. The second kappa shape index (κ2) is 10.8. The minimum absolute atomic E-state index is 0.0345. The normalized spacial score (nSPS) is 18.6.